The predicted octanol–water partition coefficient (Wildman–Crippen LogP) is 5.64. The second kappa shape index (κ2) is 14.6. The fraction of sp³-hybridized carbons (Fsp3) is 0.125. The second-order valence-electron chi connectivity index (χ2n) is 8.97. The van der Waals surface area contributed by atoms with Crippen LogP contribution in [0.3, 0.4) is 0 Å². The number of methoxy groups -OCH3 is 3. The van der Waals surface area contributed by atoms with Crippen LogP contribution in [0.4, 0.5) is 5.69 Å². The maximum absolute atomic E-state index is 13.0. The Bertz CT molecular complexity index is 1620. The molecule has 2 amide bonds. The van der Waals surface area contributed by atoms with Crippen LogP contribution >= 0.6 is 15.9 Å². The van der Waals surface area contributed by atoms with Crippen LogP contribution in [0.1, 0.15) is 31.8 Å². The molecule has 220 valence electrons. The first-order valence-corrected chi connectivity index (χ1v) is 13.7. The van der Waals surface area contributed by atoms with Gasteiger partial charge in [0.2, 0.25) is 11.7 Å². The highest BCUT2D eigenvalue weighted by atomic mass is 79.9. The molecule has 0 spiro atoms. The average molecular weight is 646 g/mol. The van der Waals surface area contributed by atoms with Gasteiger partial charge in [-0.2, -0.15) is 5.10 Å². The summed E-state index contributed by atoms with van der Waals surface area (Å²) in [6.45, 7) is 0. The normalized spacial score (nSPS) is 10.6. The molecule has 10 nitrogen and oxygen atoms in total. The third-order valence-corrected chi connectivity index (χ3v) is 6.58. The Balaban J connectivity index is 1.40. The third-order valence-electron chi connectivity index (χ3n) is 6.08. The Kier molecular flexibility index (Phi) is 10.5. The molecule has 0 aromatic heterocycles. The number of nitrogens with zero attached hydrogens (tertiary/aromatic N) is 1. The molecule has 2 N–H and O–H groups in total. The van der Waals surface area contributed by atoms with E-state index in [9.17, 15) is 14.4 Å². The van der Waals surface area contributed by atoms with Gasteiger partial charge in [-0.15, -0.1) is 0 Å². The molecule has 4 rings (SSSR count). The molecule has 0 saturated heterocycles. The van der Waals surface area contributed by atoms with Crippen LogP contribution in [0.15, 0.2) is 94.5 Å². The molecule has 0 radical (unpaired) electrons. The van der Waals surface area contributed by atoms with Crippen LogP contribution in [0.25, 0.3) is 0 Å². The lowest BCUT2D eigenvalue weighted by Gasteiger charge is -2.14. The van der Waals surface area contributed by atoms with Crippen molar-refractivity contribution < 1.29 is 33.3 Å². The molecule has 0 bridgehead atoms. The standard InChI is InChI=1S/C32H28BrN3O7/c1-40-27-17-22(18-28(41-2)30(27)42-3)32(39)43-26-14-11-24(33)16-23(26)19-34-36-31(38)21-9-12-25(13-10-21)35-29(37)15-20-7-5-4-6-8-20/h4-14,16-19H,15H2,1-3H3,(H,35,37)(H,36,38)/b34-19-. The number of esters is 1. The first-order chi connectivity index (χ1) is 20.8. The van der Waals surface area contributed by atoms with Gasteiger partial charge in [-0.1, -0.05) is 46.3 Å². The maximum Gasteiger partial charge on any atom is 0.343 e. The van der Waals surface area contributed by atoms with Crippen molar-refractivity contribution in [1.82, 2.24) is 5.43 Å². The number of carbonyl (C=O) groups excluding carboxylic acids is 3. The third kappa shape index (κ3) is 8.20. The van der Waals surface area contributed by atoms with Crippen molar-refractivity contribution in [3.05, 3.63) is 112 Å². The number of carbonyl (C=O) groups is 3. The number of rotatable bonds is 11. The molecule has 4 aromatic rings. The van der Waals surface area contributed by atoms with E-state index in [1.165, 1.54) is 39.7 Å². The van der Waals surface area contributed by atoms with Gasteiger partial charge in [0.1, 0.15) is 5.75 Å². The summed E-state index contributed by atoms with van der Waals surface area (Å²) >= 11 is 3.39. The summed E-state index contributed by atoms with van der Waals surface area (Å²) in [7, 11) is 4.36. The minimum atomic E-state index is -0.670. The van der Waals surface area contributed by atoms with E-state index in [1.54, 1.807) is 42.5 Å². The Labute approximate surface area is 256 Å². The fourth-order valence-electron chi connectivity index (χ4n) is 3.99. The zero-order valence-electron chi connectivity index (χ0n) is 23.6. The summed E-state index contributed by atoms with van der Waals surface area (Å²) in [5.41, 5.74) is 4.85. The first kappa shape index (κ1) is 30.8. The van der Waals surface area contributed by atoms with E-state index in [2.05, 4.69) is 31.8 Å². The fourth-order valence-corrected chi connectivity index (χ4v) is 4.37. The number of hydrogen-bond acceptors (Lipinski definition) is 8. The lowest BCUT2D eigenvalue weighted by Crippen LogP contribution is -2.18. The Morgan fingerprint density at radius 3 is 2.09 bits per heavy atom. The van der Waals surface area contributed by atoms with Crippen molar-refractivity contribution in [1.29, 1.82) is 0 Å². The summed E-state index contributed by atoms with van der Waals surface area (Å²) in [5.74, 6) is -0.149. The zero-order chi connectivity index (χ0) is 30.8. The Hall–Kier alpha value is -5.16. The second-order valence-corrected chi connectivity index (χ2v) is 9.89. The van der Waals surface area contributed by atoms with Gasteiger partial charge in [0.15, 0.2) is 11.5 Å². The number of hydrazone groups is 1. The van der Waals surface area contributed by atoms with E-state index < -0.39 is 11.9 Å². The molecule has 0 aliphatic carbocycles. The molecule has 0 heterocycles. The van der Waals surface area contributed by atoms with Crippen molar-refractivity contribution in [2.45, 2.75) is 6.42 Å². The van der Waals surface area contributed by atoms with Crippen LogP contribution in [0.5, 0.6) is 23.0 Å². The van der Waals surface area contributed by atoms with Crippen molar-refractivity contribution in [3.63, 3.8) is 0 Å². The number of ether oxygens (including phenoxy) is 4. The average Bonchev–Trinajstić information content (AvgIpc) is 3.02. The van der Waals surface area contributed by atoms with E-state index in [0.717, 1.165) is 5.56 Å². The van der Waals surface area contributed by atoms with Gasteiger partial charge < -0.3 is 24.3 Å². The molecular weight excluding hydrogens is 618 g/mol. The Morgan fingerprint density at radius 1 is 0.791 bits per heavy atom. The van der Waals surface area contributed by atoms with Gasteiger partial charge >= 0.3 is 5.97 Å². The topological polar surface area (TPSA) is 125 Å². The van der Waals surface area contributed by atoms with Gasteiger partial charge in [-0.25, -0.2) is 10.2 Å². The zero-order valence-corrected chi connectivity index (χ0v) is 25.1. The van der Waals surface area contributed by atoms with Gasteiger partial charge in [-0.05, 0) is 60.2 Å². The largest absolute Gasteiger partial charge is 0.493 e. The molecule has 4 aromatic carbocycles. The molecule has 0 aliphatic rings. The molecule has 0 unspecified atom stereocenters. The van der Waals surface area contributed by atoms with E-state index in [0.29, 0.717) is 38.5 Å². The number of amides is 2. The number of benzene rings is 4. The number of halogens is 1. The highest BCUT2D eigenvalue weighted by Crippen LogP contribution is 2.38. The quantitative estimate of drug-likeness (QED) is 0.0936. The first-order valence-electron chi connectivity index (χ1n) is 12.9. The van der Waals surface area contributed by atoms with Crippen LogP contribution in [-0.4, -0.2) is 45.3 Å². The van der Waals surface area contributed by atoms with Crippen molar-refractivity contribution in [2.75, 3.05) is 26.6 Å². The minimum Gasteiger partial charge on any atom is -0.493 e. The SMILES string of the molecule is COc1cc(C(=O)Oc2ccc(Br)cc2/C=N\NC(=O)c2ccc(NC(=O)Cc3ccccc3)cc2)cc(OC)c1OC. The number of nitrogens with one attached hydrogen (secondary N) is 2. The van der Waals surface area contributed by atoms with E-state index in [1.807, 2.05) is 30.3 Å². The van der Waals surface area contributed by atoms with E-state index in [4.69, 9.17) is 18.9 Å². The predicted molar refractivity (Wildman–Crippen MR) is 165 cm³/mol. The van der Waals surface area contributed by atoms with Gasteiger partial charge in [0.05, 0.1) is 39.5 Å². The van der Waals surface area contributed by atoms with E-state index >= 15 is 0 Å². The summed E-state index contributed by atoms with van der Waals surface area (Å²) in [6.07, 6.45) is 1.60. The van der Waals surface area contributed by atoms with Crippen LogP contribution in [0, 0.1) is 0 Å². The van der Waals surface area contributed by atoms with E-state index in [-0.39, 0.29) is 23.6 Å². The van der Waals surface area contributed by atoms with Gasteiger partial charge in [0, 0.05) is 21.3 Å². The highest BCUT2D eigenvalue weighted by Gasteiger charge is 2.19. The number of hydrogen-bond donors (Lipinski definition) is 2. The minimum absolute atomic E-state index is 0.163. The summed E-state index contributed by atoms with van der Waals surface area (Å²) in [5, 5.41) is 6.84. The lowest BCUT2D eigenvalue weighted by atomic mass is 10.1. The van der Waals surface area contributed by atoms with Crippen molar-refractivity contribution in [3.8, 4) is 23.0 Å². The van der Waals surface area contributed by atoms with Gasteiger partial charge in [-0.3, -0.25) is 9.59 Å². The van der Waals surface area contributed by atoms with Crippen LogP contribution in [0.2, 0.25) is 0 Å². The van der Waals surface area contributed by atoms with Crippen LogP contribution < -0.4 is 29.7 Å². The Morgan fingerprint density at radius 2 is 1.47 bits per heavy atom. The molecule has 0 atom stereocenters. The number of anilines is 1. The van der Waals surface area contributed by atoms with Crippen LogP contribution in [-0.2, 0) is 11.2 Å². The molecular formula is C32H28BrN3O7. The molecule has 0 fully saturated rings. The summed E-state index contributed by atoms with van der Waals surface area (Å²) in [6, 6.07) is 23.8. The lowest BCUT2D eigenvalue weighted by molar-refractivity contribution is -0.115. The monoisotopic (exact) mass is 645 g/mol. The highest BCUT2D eigenvalue weighted by molar-refractivity contribution is 9.10. The van der Waals surface area contributed by atoms with Crippen molar-refractivity contribution in [2.24, 2.45) is 5.10 Å². The summed E-state index contributed by atoms with van der Waals surface area (Å²) < 4.78 is 22.3. The molecule has 11 heteroatoms. The molecule has 43 heavy (non-hydrogen) atoms. The van der Waals surface area contributed by atoms with Gasteiger partial charge in [0.25, 0.3) is 5.91 Å². The smallest absolute Gasteiger partial charge is 0.343 e. The maximum atomic E-state index is 13.0. The van der Waals surface area contributed by atoms with Crippen molar-refractivity contribution >= 4 is 45.6 Å². The molecule has 0 saturated carbocycles. The molecule has 0 aliphatic heterocycles. The summed E-state index contributed by atoms with van der Waals surface area (Å²) in [4.78, 5) is 38.0.